The number of anilines is 1. The number of nitrogen functional groups attached to an aromatic ring is 1. The number of hydrogen-bond acceptors (Lipinski definition) is 3. The van der Waals surface area contributed by atoms with Crippen LogP contribution in [0.3, 0.4) is 0 Å². The van der Waals surface area contributed by atoms with Crippen molar-refractivity contribution in [2.24, 2.45) is 0 Å². The van der Waals surface area contributed by atoms with Crippen LogP contribution in [0.2, 0.25) is 0 Å². The van der Waals surface area contributed by atoms with E-state index >= 15 is 0 Å². The van der Waals surface area contributed by atoms with Crippen LogP contribution in [-0.4, -0.2) is 13.1 Å². The summed E-state index contributed by atoms with van der Waals surface area (Å²) in [6.07, 6.45) is 0. The van der Waals surface area contributed by atoms with E-state index in [4.69, 9.17) is 5.73 Å². The Morgan fingerprint density at radius 1 is 1.43 bits per heavy atom. The van der Waals surface area contributed by atoms with E-state index in [0.29, 0.717) is 17.2 Å². The molecule has 0 fully saturated rings. The fourth-order valence-electron chi connectivity index (χ4n) is 1.37. The minimum absolute atomic E-state index is 0.305. The minimum atomic E-state index is -0.384. The van der Waals surface area contributed by atoms with Crippen molar-refractivity contribution < 1.29 is 9.53 Å². The molecule has 0 radical (unpaired) electrons. The van der Waals surface area contributed by atoms with E-state index in [0.717, 1.165) is 5.56 Å². The van der Waals surface area contributed by atoms with Crippen molar-refractivity contribution in [2.75, 3.05) is 12.8 Å². The van der Waals surface area contributed by atoms with Crippen molar-refractivity contribution in [1.29, 1.82) is 0 Å². The molecule has 0 aliphatic rings. The summed E-state index contributed by atoms with van der Waals surface area (Å²) in [5.74, 6) is -0.0791. The topological polar surface area (TPSA) is 52.3 Å². The van der Waals surface area contributed by atoms with Gasteiger partial charge in [-0.1, -0.05) is 26.0 Å². The molecule has 0 heterocycles. The molecule has 0 spiro atoms. The number of ether oxygens (including phenoxy) is 1. The average molecular weight is 193 g/mol. The summed E-state index contributed by atoms with van der Waals surface area (Å²) in [5.41, 5.74) is 7.81. The number of hydrogen-bond donors (Lipinski definition) is 1. The van der Waals surface area contributed by atoms with Gasteiger partial charge in [0.05, 0.1) is 12.7 Å². The van der Waals surface area contributed by atoms with E-state index in [-0.39, 0.29) is 5.97 Å². The highest BCUT2D eigenvalue weighted by atomic mass is 16.5. The largest absolute Gasteiger partial charge is 0.465 e. The highest BCUT2D eigenvalue weighted by molar-refractivity contribution is 5.95. The van der Waals surface area contributed by atoms with Crippen LogP contribution in [0, 0.1) is 0 Å². The summed E-state index contributed by atoms with van der Waals surface area (Å²) in [6, 6.07) is 5.41. The summed E-state index contributed by atoms with van der Waals surface area (Å²) in [4.78, 5) is 11.3. The Hall–Kier alpha value is -1.51. The molecule has 76 valence electrons. The molecule has 1 aromatic carbocycles. The highest BCUT2D eigenvalue weighted by Gasteiger charge is 2.13. The molecular weight excluding hydrogens is 178 g/mol. The molecule has 1 aromatic rings. The molecule has 3 heteroatoms. The molecule has 1 rings (SSSR count). The van der Waals surface area contributed by atoms with Gasteiger partial charge >= 0.3 is 5.97 Å². The molecule has 14 heavy (non-hydrogen) atoms. The third-order valence-electron chi connectivity index (χ3n) is 2.17. The van der Waals surface area contributed by atoms with Crippen LogP contribution in [0.15, 0.2) is 18.2 Å². The smallest absolute Gasteiger partial charge is 0.339 e. The summed E-state index contributed by atoms with van der Waals surface area (Å²) >= 11 is 0. The van der Waals surface area contributed by atoms with Gasteiger partial charge in [0, 0.05) is 5.69 Å². The lowest BCUT2D eigenvalue weighted by Gasteiger charge is -2.11. The predicted octanol–water partition coefficient (Wildman–Crippen LogP) is 2.18. The van der Waals surface area contributed by atoms with Gasteiger partial charge in [0.25, 0.3) is 0 Å². The number of methoxy groups -OCH3 is 1. The van der Waals surface area contributed by atoms with Crippen LogP contribution in [0.5, 0.6) is 0 Å². The molecule has 0 aliphatic heterocycles. The second-order valence-corrected chi connectivity index (χ2v) is 3.45. The Bertz CT molecular complexity index is 345. The maximum atomic E-state index is 11.3. The zero-order valence-corrected chi connectivity index (χ0v) is 8.70. The summed E-state index contributed by atoms with van der Waals surface area (Å²) in [6.45, 7) is 4.07. The quantitative estimate of drug-likeness (QED) is 0.578. The molecule has 3 nitrogen and oxygen atoms in total. The lowest BCUT2D eigenvalue weighted by molar-refractivity contribution is 0.0602. The summed E-state index contributed by atoms with van der Waals surface area (Å²) in [5, 5.41) is 0. The Morgan fingerprint density at radius 3 is 2.57 bits per heavy atom. The maximum Gasteiger partial charge on any atom is 0.339 e. The lowest BCUT2D eigenvalue weighted by atomic mass is 9.98. The summed E-state index contributed by atoms with van der Waals surface area (Å²) < 4.78 is 4.63. The number of rotatable bonds is 2. The van der Waals surface area contributed by atoms with Crippen LogP contribution in [-0.2, 0) is 4.74 Å². The third-order valence-corrected chi connectivity index (χ3v) is 2.17. The number of carbonyl (C=O) groups is 1. The van der Waals surface area contributed by atoms with Gasteiger partial charge in [-0.3, -0.25) is 0 Å². The minimum Gasteiger partial charge on any atom is -0.465 e. The molecule has 0 aliphatic carbocycles. The second kappa shape index (κ2) is 4.13. The van der Waals surface area contributed by atoms with E-state index in [1.807, 2.05) is 26.0 Å². The third kappa shape index (κ3) is 1.87. The van der Waals surface area contributed by atoms with E-state index < -0.39 is 0 Å². The first-order valence-electron chi connectivity index (χ1n) is 4.54. The molecule has 0 saturated heterocycles. The van der Waals surface area contributed by atoms with Crippen LogP contribution in [0.1, 0.15) is 35.7 Å². The Balaban J connectivity index is 3.20. The van der Waals surface area contributed by atoms with Crippen molar-refractivity contribution in [1.82, 2.24) is 0 Å². The first-order chi connectivity index (χ1) is 6.57. The SMILES string of the molecule is COC(=O)c1cccc(C(C)C)c1N. The van der Waals surface area contributed by atoms with Crippen molar-refractivity contribution in [3.05, 3.63) is 29.3 Å². The second-order valence-electron chi connectivity index (χ2n) is 3.45. The van der Waals surface area contributed by atoms with Crippen molar-refractivity contribution in [2.45, 2.75) is 19.8 Å². The lowest BCUT2D eigenvalue weighted by Crippen LogP contribution is -2.08. The van der Waals surface area contributed by atoms with Gasteiger partial charge in [-0.2, -0.15) is 0 Å². The molecule has 0 bridgehead atoms. The zero-order chi connectivity index (χ0) is 10.7. The highest BCUT2D eigenvalue weighted by Crippen LogP contribution is 2.25. The summed E-state index contributed by atoms with van der Waals surface area (Å²) in [7, 11) is 1.35. The predicted molar refractivity (Wildman–Crippen MR) is 56.3 cm³/mol. The molecule has 0 saturated carbocycles. The van der Waals surface area contributed by atoms with Gasteiger partial charge in [-0.25, -0.2) is 4.79 Å². The number of para-hydroxylation sites is 1. The van der Waals surface area contributed by atoms with Crippen molar-refractivity contribution >= 4 is 11.7 Å². The van der Waals surface area contributed by atoms with Gasteiger partial charge in [0.2, 0.25) is 0 Å². The maximum absolute atomic E-state index is 11.3. The molecule has 2 N–H and O–H groups in total. The monoisotopic (exact) mass is 193 g/mol. The molecule has 0 atom stereocenters. The van der Waals surface area contributed by atoms with E-state index in [9.17, 15) is 4.79 Å². The Morgan fingerprint density at radius 2 is 2.07 bits per heavy atom. The fourth-order valence-corrected chi connectivity index (χ4v) is 1.37. The standard InChI is InChI=1S/C11H15NO2/c1-7(2)8-5-4-6-9(10(8)12)11(13)14-3/h4-7H,12H2,1-3H3. The van der Waals surface area contributed by atoms with Gasteiger partial charge in [-0.15, -0.1) is 0 Å². The van der Waals surface area contributed by atoms with E-state index in [2.05, 4.69) is 4.74 Å². The van der Waals surface area contributed by atoms with Crippen LogP contribution < -0.4 is 5.73 Å². The first kappa shape index (κ1) is 10.6. The van der Waals surface area contributed by atoms with Crippen LogP contribution in [0.4, 0.5) is 5.69 Å². The van der Waals surface area contributed by atoms with E-state index in [1.54, 1.807) is 6.07 Å². The number of carbonyl (C=O) groups excluding carboxylic acids is 1. The Labute approximate surface area is 83.9 Å². The average Bonchev–Trinajstić information content (AvgIpc) is 2.16. The van der Waals surface area contributed by atoms with Gasteiger partial charge < -0.3 is 10.5 Å². The molecular formula is C11H15NO2. The normalized spacial score (nSPS) is 10.3. The molecule has 0 amide bonds. The number of esters is 1. The zero-order valence-electron chi connectivity index (χ0n) is 8.70. The number of nitrogens with two attached hydrogens (primary N) is 1. The van der Waals surface area contributed by atoms with Crippen LogP contribution in [0.25, 0.3) is 0 Å². The van der Waals surface area contributed by atoms with Crippen LogP contribution >= 0.6 is 0 Å². The molecule has 0 aromatic heterocycles. The van der Waals surface area contributed by atoms with Gasteiger partial charge in [0.15, 0.2) is 0 Å². The van der Waals surface area contributed by atoms with Gasteiger partial charge in [-0.05, 0) is 17.5 Å². The van der Waals surface area contributed by atoms with E-state index in [1.165, 1.54) is 7.11 Å². The first-order valence-corrected chi connectivity index (χ1v) is 4.54. The van der Waals surface area contributed by atoms with Gasteiger partial charge in [0.1, 0.15) is 0 Å². The number of benzene rings is 1. The molecule has 0 unspecified atom stereocenters. The Kier molecular flexibility index (Phi) is 3.12. The van der Waals surface area contributed by atoms with Crippen molar-refractivity contribution in [3.63, 3.8) is 0 Å². The fraction of sp³-hybridized carbons (Fsp3) is 0.364. The van der Waals surface area contributed by atoms with Crippen molar-refractivity contribution in [3.8, 4) is 0 Å².